The summed E-state index contributed by atoms with van der Waals surface area (Å²) < 4.78 is 4.81. The average molecular weight is 331 g/mol. The van der Waals surface area contributed by atoms with Crippen molar-refractivity contribution >= 4 is 17.7 Å². The molecule has 24 heavy (non-hydrogen) atoms. The Hall–Kier alpha value is -2.17. The van der Waals surface area contributed by atoms with Gasteiger partial charge in [-0.3, -0.25) is 14.4 Å². The summed E-state index contributed by atoms with van der Waals surface area (Å²) in [5, 5.41) is 2.73. The van der Waals surface area contributed by atoms with Gasteiger partial charge in [-0.05, 0) is 49.8 Å². The van der Waals surface area contributed by atoms with Crippen LogP contribution >= 0.6 is 0 Å². The summed E-state index contributed by atoms with van der Waals surface area (Å²) in [6.07, 6.45) is 4.51. The maximum atomic E-state index is 12.2. The molecule has 0 atom stereocenters. The summed E-state index contributed by atoms with van der Waals surface area (Å²) in [6.45, 7) is 2.55. The van der Waals surface area contributed by atoms with Crippen LogP contribution in [0.3, 0.4) is 0 Å². The van der Waals surface area contributed by atoms with E-state index in [4.69, 9.17) is 4.74 Å². The Kier molecular flexibility index (Phi) is 6.97. The number of carbonyl (C=O) groups is 3. The first-order valence-corrected chi connectivity index (χ1v) is 8.67. The number of benzene rings is 1. The highest BCUT2D eigenvalue weighted by atomic mass is 16.5. The molecule has 0 aromatic heterocycles. The first-order valence-electron chi connectivity index (χ1n) is 8.67. The number of hydrogen-bond donors (Lipinski definition) is 1. The van der Waals surface area contributed by atoms with Gasteiger partial charge in [0.1, 0.15) is 0 Å². The molecule has 1 aliphatic carbocycles. The number of esters is 1. The molecule has 1 aliphatic rings. The van der Waals surface area contributed by atoms with Crippen molar-refractivity contribution in [2.45, 2.75) is 51.9 Å². The van der Waals surface area contributed by atoms with E-state index >= 15 is 0 Å². The molecule has 0 spiro atoms. The highest BCUT2D eigenvalue weighted by Crippen LogP contribution is 2.23. The number of ketones is 1. The van der Waals surface area contributed by atoms with E-state index in [1.807, 2.05) is 18.2 Å². The maximum absolute atomic E-state index is 12.2. The number of ether oxygens (including phenoxy) is 1. The third-order valence-electron chi connectivity index (χ3n) is 4.18. The Balaban J connectivity index is 1.66. The summed E-state index contributed by atoms with van der Waals surface area (Å²) in [5.41, 5.74) is 3.31. The minimum atomic E-state index is -0.251. The van der Waals surface area contributed by atoms with Crippen LogP contribution in [0.5, 0.6) is 0 Å². The zero-order valence-electron chi connectivity index (χ0n) is 14.2. The molecule has 2 rings (SSSR count). The van der Waals surface area contributed by atoms with Crippen molar-refractivity contribution in [2.75, 3.05) is 13.2 Å². The van der Waals surface area contributed by atoms with E-state index in [9.17, 15) is 14.4 Å². The molecule has 130 valence electrons. The molecule has 1 amide bonds. The smallest absolute Gasteiger partial charge is 0.305 e. The van der Waals surface area contributed by atoms with Gasteiger partial charge >= 0.3 is 5.97 Å². The molecule has 1 aromatic rings. The molecule has 0 saturated carbocycles. The Morgan fingerprint density at radius 2 is 1.88 bits per heavy atom. The molecule has 0 unspecified atom stereocenters. The molecule has 0 heterocycles. The molecule has 0 bridgehead atoms. The molecular formula is C19H25NO4. The third kappa shape index (κ3) is 5.48. The Labute approximate surface area is 142 Å². The third-order valence-corrected chi connectivity index (χ3v) is 4.18. The molecule has 1 N–H and O–H groups in total. The summed E-state index contributed by atoms with van der Waals surface area (Å²) in [5.74, 6) is -0.404. The van der Waals surface area contributed by atoms with Crippen LogP contribution in [0.2, 0.25) is 0 Å². The maximum Gasteiger partial charge on any atom is 0.305 e. The lowest BCUT2D eigenvalue weighted by atomic mass is 10.0. The zero-order valence-corrected chi connectivity index (χ0v) is 14.2. The van der Waals surface area contributed by atoms with Gasteiger partial charge in [0.2, 0.25) is 5.91 Å². The van der Waals surface area contributed by atoms with Crippen LogP contribution in [0.4, 0.5) is 0 Å². The van der Waals surface area contributed by atoms with Crippen molar-refractivity contribution in [3.05, 3.63) is 34.9 Å². The van der Waals surface area contributed by atoms with Crippen LogP contribution in [-0.4, -0.2) is 30.8 Å². The van der Waals surface area contributed by atoms with Gasteiger partial charge in [0.15, 0.2) is 5.78 Å². The largest absolute Gasteiger partial charge is 0.466 e. The fourth-order valence-electron chi connectivity index (χ4n) is 2.90. The number of rotatable bonds is 9. The van der Waals surface area contributed by atoms with Gasteiger partial charge in [0.05, 0.1) is 6.61 Å². The number of carbonyl (C=O) groups excluding carboxylic acids is 3. The lowest BCUT2D eigenvalue weighted by Crippen LogP contribution is -2.25. The topological polar surface area (TPSA) is 72.5 Å². The van der Waals surface area contributed by atoms with Crippen molar-refractivity contribution in [2.24, 2.45) is 0 Å². The predicted octanol–water partition coefficient (Wildman–Crippen LogP) is 2.60. The van der Waals surface area contributed by atoms with Crippen molar-refractivity contribution in [1.29, 1.82) is 0 Å². The SMILES string of the molecule is CCOC(=O)CCCNC(=O)CCC(=O)c1ccc2c(c1)CCC2. The Morgan fingerprint density at radius 3 is 2.67 bits per heavy atom. The van der Waals surface area contributed by atoms with Crippen LogP contribution in [-0.2, 0) is 27.2 Å². The average Bonchev–Trinajstić information content (AvgIpc) is 3.04. The van der Waals surface area contributed by atoms with E-state index in [-0.39, 0.29) is 30.5 Å². The van der Waals surface area contributed by atoms with Crippen LogP contribution in [0.25, 0.3) is 0 Å². The molecule has 5 nitrogen and oxygen atoms in total. The number of aryl methyl sites for hydroxylation is 2. The summed E-state index contributed by atoms with van der Waals surface area (Å²) in [6, 6.07) is 5.87. The number of amides is 1. The van der Waals surface area contributed by atoms with Crippen LogP contribution in [0.1, 0.15) is 60.5 Å². The summed E-state index contributed by atoms with van der Waals surface area (Å²) in [7, 11) is 0. The minimum Gasteiger partial charge on any atom is -0.466 e. The van der Waals surface area contributed by atoms with Crippen LogP contribution in [0.15, 0.2) is 18.2 Å². The fourth-order valence-corrected chi connectivity index (χ4v) is 2.90. The van der Waals surface area contributed by atoms with Crippen molar-refractivity contribution in [3.8, 4) is 0 Å². The normalized spacial score (nSPS) is 12.5. The van der Waals surface area contributed by atoms with Gasteiger partial charge in [0.25, 0.3) is 0 Å². The number of Topliss-reactive ketones (excluding diaryl/α,β-unsaturated/α-hetero) is 1. The highest BCUT2D eigenvalue weighted by Gasteiger charge is 2.14. The van der Waals surface area contributed by atoms with Gasteiger partial charge in [0, 0.05) is 31.4 Å². The lowest BCUT2D eigenvalue weighted by molar-refractivity contribution is -0.143. The summed E-state index contributed by atoms with van der Waals surface area (Å²) >= 11 is 0. The van der Waals surface area contributed by atoms with E-state index in [1.165, 1.54) is 11.1 Å². The molecule has 1 aromatic carbocycles. The molecule has 0 fully saturated rings. The van der Waals surface area contributed by atoms with Gasteiger partial charge in [-0.1, -0.05) is 12.1 Å². The molecular weight excluding hydrogens is 306 g/mol. The second-order valence-electron chi connectivity index (χ2n) is 6.02. The first kappa shape index (κ1) is 18.2. The van der Waals surface area contributed by atoms with Crippen molar-refractivity contribution in [3.63, 3.8) is 0 Å². The predicted molar refractivity (Wildman–Crippen MR) is 90.9 cm³/mol. The highest BCUT2D eigenvalue weighted by molar-refractivity contribution is 5.98. The van der Waals surface area contributed by atoms with E-state index in [0.717, 1.165) is 19.3 Å². The van der Waals surface area contributed by atoms with Crippen LogP contribution in [0, 0.1) is 0 Å². The minimum absolute atomic E-state index is 0.00590. The molecule has 0 aliphatic heterocycles. The first-order chi connectivity index (χ1) is 11.6. The molecule has 0 radical (unpaired) electrons. The zero-order chi connectivity index (χ0) is 17.4. The number of hydrogen-bond acceptors (Lipinski definition) is 4. The van der Waals surface area contributed by atoms with E-state index < -0.39 is 0 Å². The van der Waals surface area contributed by atoms with Gasteiger partial charge in [-0.15, -0.1) is 0 Å². The van der Waals surface area contributed by atoms with Gasteiger partial charge in [-0.2, -0.15) is 0 Å². The second kappa shape index (κ2) is 9.21. The molecule has 0 saturated heterocycles. The number of nitrogens with one attached hydrogen (secondary N) is 1. The van der Waals surface area contributed by atoms with Gasteiger partial charge < -0.3 is 10.1 Å². The molecule has 5 heteroatoms. The van der Waals surface area contributed by atoms with Gasteiger partial charge in [-0.25, -0.2) is 0 Å². The van der Waals surface area contributed by atoms with E-state index in [2.05, 4.69) is 5.32 Å². The number of fused-ring (bicyclic) bond motifs is 1. The van der Waals surface area contributed by atoms with E-state index in [1.54, 1.807) is 6.92 Å². The van der Waals surface area contributed by atoms with Crippen molar-refractivity contribution in [1.82, 2.24) is 5.32 Å². The lowest BCUT2D eigenvalue weighted by Gasteiger charge is -2.06. The Morgan fingerprint density at radius 1 is 1.08 bits per heavy atom. The van der Waals surface area contributed by atoms with E-state index in [0.29, 0.717) is 31.6 Å². The fraction of sp³-hybridized carbons (Fsp3) is 0.526. The quantitative estimate of drug-likeness (QED) is 0.429. The monoisotopic (exact) mass is 331 g/mol. The second-order valence-corrected chi connectivity index (χ2v) is 6.02. The standard InChI is InChI=1S/C19H25NO4/c1-2-24-19(23)7-4-12-20-18(22)11-10-17(21)16-9-8-14-5-3-6-15(14)13-16/h8-9,13H,2-7,10-12H2,1H3,(H,20,22). The summed E-state index contributed by atoms with van der Waals surface area (Å²) in [4.78, 5) is 35.1. The Bertz CT molecular complexity index is 609. The van der Waals surface area contributed by atoms with Crippen molar-refractivity contribution < 1.29 is 19.1 Å². The van der Waals surface area contributed by atoms with Crippen LogP contribution < -0.4 is 5.32 Å².